The van der Waals surface area contributed by atoms with Gasteiger partial charge in [-0.15, -0.1) is 19.0 Å². The van der Waals surface area contributed by atoms with Crippen molar-refractivity contribution in [2.24, 2.45) is 5.73 Å². The van der Waals surface area contributed by atoms with Gasteiger partial charge in [0.25, 0.3) is 0 Å². The second kappa shape index (κ2) is 5.68. The van der Waals surface area contributed by atoms with Crippen LogP contribution in [0.15, 0.2) is 30.9 Å². The molecule has 78 valence electrons. The topological polar surface area (TPSA) is 46.2 Å². The fourth-order valence-electron chi connectivity index (χ4n) is 1.28. The van der Waals surface area contributed by atoms with Gasteiger partial charge in [-0.05, 0) is 19.4 Å². The minimum absolute atomic E-state index is 0. The van der Waals surface area contributed by atoms with E-state index in [1.165, 1.54) is 0 Å². The number of hydrogen-bond acceptors (Lipinski definition) is 2. The summed E-state index contributed by atoms with van der Waals surface area (Å²) in [5.74, 6) is 0.264. The second-order valence-electron chi connectivity index (χ2n) is 3.19. The molecule has 0 heterocycles. The first-order valence-corrected chi connectivity index (χ1v) is 4.31. The Balaban J connectivity index is 0.00000169. The van der Waals surface area contributed by atoms with Crippen molar-refractivity contribution in [1.82, 2.24) is 0 Å². The number of aryl methyl sites for hydroxylation is 1. The molecule has 3 heteroatoms. The molecule has 2 nitrogen and oxygen atoms in total. The van der Waals surface area contributed by atoms with Crippen molar-refractivity contribution in [2.75, 3.05) is 0 Å². The normalized spacial score (nSPS) is 11.6. The minimum atomic E-state index is -0.155. The fourth-order valence-corrected chi connectivity index (χ4v) is 1.28. The van der Waals surface area contributed by atoms with Gasteiger partial charge in [0.05, 0.1) is 0 Å². The van der Waals surface area contributed by atoms with E-state index in [2.05, 4.69) is 6.58 Å². The summed E-state index contributed by atoms with van der Waals surface area (Å²) in [6.45, 7) is 5.59. The third-order valence-electron chi connectivity index (χ3n) is 2.00. The van der Waals surface area contributed by atoms with Crippen molar-refractivity contribution in [3.05, 3.63) is 42.0 Å². The third kappa shape index (κ3) is 3.05. The first-order valence-electron chi connectivity index (χ1n) is 4.31. The smallest absolute Gasteiger partial charge is 0.120 e. The molecule has 1 rings (SSSR count). The summed E-state index contributed by atoms with van der Waals surface area (Å²) in [5.41, 5.74) is 7.74. The highest BCUT2D eigenvalue weighted by Gasteiger charge is 2.08. The van der Waals surface area contributed by atoms with Gasteiger partial charge in [-0.25, -0.2) is 0 Å². The molecular formula is C11H16ClNO. The maximum Gasteiger partial charge on any atom is 0.120 e. The first-order chi connectivity index (χ1) is 6.15. The van der Waals surface area contributed by atoms with E-state index in [1.807, 2.05) is 19.1 Å². The average Bonchev–Trinajstić information content (AvgIpc) is 2.09. The molecule has 0 fully saturated rings. The number of halogens is 1. The van der Waals surface area contributed by atoms with Gasteiger partial charge in [-0.3, -0.25) is 0 Å². The number of phenols is 1. The van der Waals surface area contributed by atoms with Gasteiger partial charge in [0, 0.05) is 11.6 Å². The summed E-state index contributed by atoms with van der Waals surface area (Å²) >= 11 is 0. The maximum atomic E-state index is 9.52. The predicted molar refractivity (Wildman–Crippen MR) is 61.8 cm³/mol. The van der Waals surface area contributed by atoms with Crippen LogP contribution in [0, 0.1) is 6.92 Å². The van der Waals surface area contributed by atoms with Crippen LogP contribution >= 0.6 is 12.4 Å². The number of nitrogens with two attached hydrogens (primary N) is 1. The van der Waals surface area contributed by atoms with E-state index in [4.69, 9.17) is 5.73 Å². The lowest BCUT2D eigenvalue weighted by molar-refractivity contribution is 0.461. The van der Waals surface area contributed by atoms with Crippen molar-refractivity contribution >= 4 is 12.4 Å². The molecule has 0 aliphatic heterocycles. The monoisotopic (exact) mass is 213 g/mol. The SMILES string of the molecule is C=CC[C@H](N)c1cc(C)ccc1O.Cl. The molecule has 3 N–H and O–H groups in total. The minimum Gasteiger partial charge on any atom is -0.508 e. The Kier molecular flexibility index (Phi) is 5.28. The summed E-state index contributed by atoms with van der Waals surface area (Å²) in [5, 5.41) is 9.52. The Hall–Kier alpha value is -0.990. The highest BCUT2D eigenvalue weighted by Crippen LogP contribution is 2.25. The summed E-state index contributed by atoms with van der Waals surface area (Å²) in [6, 6.07) is 5.29. The lowest BCUT2D eigenvalue weighted by atomic mass is 10.0. The average molecular weight is 214 g/mol. The molecular weight excluding hydrogens is 198 g/mol. The Morgan fingerprint density at radius 3 is 2.79 bits per heavy atom. The van der Waals surface area contributed by atoms with E-state index in [0.29, 0.717) is 6.42 Å². The molecule has 0 radical (unpaired) electrons. The zero-order valence-corrected chi connectivity index (χ0v) is 9.05. The van der Waals surface area contributed by atoms with Crippen LogP contribution in [0.4, 0.5) is 0 Å². The number of phenolic OH excluding ortho intramolecular Hbond substituents is 1. The van der Waals surface area contributed by atoms with Gasteiger partial charge in [-0.2, -0.15) is 0 Å². The Morgan fingerprint density at radius 2 is 2.21 bits per heavy atom. The lowest BCUT2D eigenvalue weighted by Crippen LogP contribution is -2.09. The number of benzene rings is 1. The molecule has 0 saturated heterocycles. The van der Waals surface area contributed by atoms with E-state index in [1.54, 1.807) is 12.1 Å². The van der Waals surface area contributed by atoms with E-state index in [0.717, 1.165) is 11.1 Å². The van der Waals surface area contributed by atoms with Crippen LogP contribution in [0.25, 0.3) is 0 Å². The molecule has 1 atom stereocenters. The largest absolute Gasteiger partial charge is 0.508 e. The van der Waals surface area contributed by atoms with Crippen LogP contribution in [0.5, 0.6) is 5.75 Å². The van der Waals surface area contributed by atoms with E-state index in [9.17, 15) is 5.11 Å². The van der Waals surface area contributed by atoms with Crippen LogP contribution in [-0.4, -0.2) is 5.11 Å². The quantitative estimate of drug-likeness (QED) is 0.759. The summed E-state index contributed by atoms with van der Waals surface area (Å²) < 4.78 is 0. The number of rotatable bonds is 3. The van der Waals surface area contributed by atoms with Gasteiger partial charge in [0.15, 0.2) is 0 Å². The molecule has 14 heavy (non-hydrogen) atoms. The molecule has 0 spiro atoms. The van der Waals surface area contributed by atoms with E-state index in [-0.39, 0.29) is 24.2 Å². The number of aromatic hydroxyl groups is 1. The highest BCUT2D eigenvalue weighted by atomic mass is 35.5. The van der Waals surface area contributed by atoms with Gasteiger partial charge in [-0.1, -0.05) is 23.8 Å². The molecule has 0 aliphatic carbocycles. The van der Waals surface area contributed by atoms with Crippen LogP contribution in [0.3, 0.4) is 0 Å². The molecule has 0 saturated carbocycles. The van der Waals surface area contributed by atoms with Crippen molar-refractivity contribution in [3.63, 3.8) is 0 Å². The van der Waals surface area contributed by atoms with Crippen LogP contribution in [-0.2, 0) is 0 Å². The van der Waals surface area contributed by atoms with Crippen molar-refractivity contribution in [2.45, 2.75) is 19.4 Å². The van der Waals surface area contributed by atoms with Crippen molar-refractivity contribution < 1.29 is 5.11 Å². The van der Waals surface area contributed by atoms with Crippen molar-refractivity contribution in [1.29, 1.82) is 0 Å². The molecule has 0 amide bonds. The molecule has 0 aromatic heterocycles. The summed E-state index contributed by atoms with van der Waals surface area (Å²) in [4.78, 5) is 0. The van der Waals surface area contributed by atoms with Crippen LogP contribution < -0.4 is 5.73 Å². The Bertz CT molecular complexity index is 312. The third-order valence-corrected chi connectivity index (χ3v) is 2.00. The first kappa shape index (κ1) is 13.0. The van der Waals surface area contributed by atoms with E-state index >= 15 is 0 Å². The maximum absolute atomic E-state index is 9.52. The molecule has 1 aromatic carbocycles. The summed E-state index contributed by atoms with van der Waals surface area (Å²) in [7, 11) is 0. The van der Waals surface area contributed by atoms with Gasteiger partial charge in [0.2, 0.25) is 0 Å². The zero-order chi connectivity index (χ0) is 9.84. The van der Waals surface area contributed by atoms with Crippen LogP contribution in [0.2, 0.25) is 0 Å². The molecule has 0 bridgehead atoms. The second-order valence-corrected chi connectivity index (χ2v) is 3.19. The molecule has 0 aliphatic rings. The standard InChI is InChI=1S/C11H15NO.ClH/c1-3-4-10(12)9-7-8(2)5-6-11(9)13;/h3,5-7,10,13H,1,4,12H2,2H3;1H/t10-;/m0./s1. The fraction of sp³-hybridized carbons (Fsp3) is 0.273. The van der Waals surface area contributed by atoms with E-state index < -0.39 is 0 Å². The Labute approximate surface area is 90.9 Å². The Morgan fingerprint density at radius 1 is 1.57 bits per heavy atom. The summed E-state index contributed by atoms with van der Waals surface area (Å²) in [6.07, 6.45) is 2.43. The molecule has 1 aromatic rings. The lowest BCUT2D eigenvalue weighted by Gasteiger charge is -2.11. The van der Waals surface area contributed by atoms with Crippen LogP contribution in [0.1, 0.15) is 23.6 Å². The predicted octanol–water partition coefficient (Wildman–Crippen LogP) is 2.70. The van der Waals surface area contributed by atoms with Crippen molar-refractivity contribution in [3.8, 4) is 5.75 Å². The zero-order valence-electron chi connectivity index (χ0n) is 8.23. The van der Waals surface area contributed by atoms with Gasteiger partial charge in [0.1, 0.15) is 5.75 Å². The number of hydrogen-bond donors (Lipinski definition) is 2. The highest BCUT2D eigenvalue weighted by molar-refractivity contribution is 5.85. The molecule has 0 unspecified atom stereocenters. The van der Waals surface area contributed by atoms with Gasteiger partial charge >= 0.3 is 0 Å². The van der Waals surface area contributed by atoms with Gasteiger partial charge < -0.3 is 10.8 Å².